The van der Waals surface area contributed by atoms with Crippen LogP contribution in [0.4, 0.5) is 0 Å². The molecule has 2 aliphatic heterocycles. The maximum atomic E-state index is 14.1. The minimum absolute atomic E-state index is 0.0111. The Morgan fingerprint density at radius 1 is 1.17 bits per heavy atom. The highest BCUT2D eigenvalue weighted by molar-refractivity contribution is 6.05. The molecule has 7 nitrogen and oxygen atoms in total. The standard InChI is InChI=1S/C29H41NO6/c1-17-19-10-11-20-27-14-7-13-26(2,3)22(27)25(34)29(36-16-27,28(20,23(17)32)24(19)33)35-15-12-21(31)30-18-8-5-4-6-9-18/h7,14,18-20,22,24-25,33-34H,1,4-6,8-13,15-16H2,2-3H3,(H,30,31)/t19-,20-,22+,24+,25-,27+,28-,29+/m0/s1. The quantitative estimate of drug-likeness (QED) is 0.397. The second-order valence-corrected chi connectivity index (χ2v) is 13.0. The van der Waals surface area contributed by atoms with Crippen molar-refractivity contribution in [3.63, 3.8) is 0 Å². The number of rotatable bonds is 5. The third kappa shape index (κ3) is 2.94. The molecule has 1 amide bonds. The van der Waals surface area contributed by atoms with Gasteiger partial charge in [0, 0.05) is 23.3 Å². The maximum Gasteiger partial charge on any atom is 0.222 e. The number of amides is 1. The van der Waals surface area contributed by atoms with Crippen LogP contribution in [0, 0.1) is 34.0 Å². The molecule has 7 rings (SSSR count). The molecule has 0 radical (unpaired) electrons. The van der Waals surface area contributed by atoms with Crippen molar-refractivity contribution in [2.75, 3.05) is 13.2 Å². The third-order valence-corrected chi connectivity index (χ3v) is 10.9. The Bertz CT molecular complexity index is 1000. The van der Waals surface area contributed by atoms with Crippen molar-refractivity contribution in [1.82, 2.24) is 5.32 Å². The van der Waals surface area contributed by atoms with Gasteiger partial charge in [0.05, 0.1) is 25.7 Å². The molecule has 4 saturated carbocycles. The van der Waals surface area contributed by atoms with Gasteiger partial charge < -0.3 is 25.0 Å². The molecule has 5 aliphatic carbocycles. The first kappa shape index (κ1) is 24.8. The molecule has 7 heteroatoms. The highest BCUT2D eigenvalue weighted by Crippen LogP contribution is 2.76. The number of hydrogen-bond acceptors (Lipinski definition) is 6. The number of carbonyl (C=O) groups excluding carboxylic acids is 2. The second-order valence-electron chi connectivity index (χ2n) is 13.0. The lowest BCUT2D eigenvalue weighted by molar-refractivity contribution is -0.447. The van der Waals surface area contributed by atoms with Gasteiger partial charge in [0.25, 0.3) is 0 Å². The first-order valence-corrected chi connectivity index (χ1v) is 14.0. The molecule has 2 heterocycles. The van der Waals surface area contributed by atoms with Crippen LogP contribution in [0.25, 0.3) is 0 Å². The van der Waals surface area contributed by atoms with Gasteiger partial charge in [-0.05, 0) is 49.0 Å². The minimum atomic E-state index is -1.70. The summed E-state index contributed by atoms with van der Waals surface area (Å²) in [5.74, 6) is -2.80. The van der Waals surface area contributed by atoms with E-state index in [1.807, 2.05) is 0 Å². The van der Waals surface area contributed by atoms with E-state index in [-0.39, 0.29) is 53.9 Å². The Kier molecular flexibility index (Phi) is 5.66. The van der Waals surface area contributed by atoms with Crippen LogP contribution in [0.5, 0.6) is 0 Å². The predicted molar refractivity (Wildman–Crippen MR) is 133 cm³/mol. The Hall–Kier alpha value is -1.54. The van der Waals surface area contributed by atoms with E-state index in [1.54, 1.807) is 0 Å². The first-order chi connectivity index (χ1) is 17.1. The molecule has 0 aromatic rings. The van der Waals surface area contributed by atoms with Crippen LogP contribution in [0.15, 0.2) is 24.3 Å². The van der Waals surface area contributed by atoms with Gasteiger partial charge in [-0.2, -0.15) is 0 Å². The van der Waals surface area contributed by atoms with Crippen LogP contribution in [0.1, 0.15) is 71.6 Å². The van der Waals surface area contributed by atoms with E-state index in [0.29, 0.717) is 18.6 Å². The van der Waals surface area contributed by atoms with E-state index in [9.17, 15) is 19.8 Å². The summed E-state index contributed by atoms with van der Waals surface area (Å²) in [7, 11) is 0. The molecule has 3 N–H and O–H groups in total. The molecule has 198 valence electrons. The lowest BCUT2D eigenvalue weighted by Crippen LogP contribution is -2.83. The maximum absolute atomic E-state index is 14.1. The van der Waals surface area contributed by atoms with Crippen molar-refractivity contribution in [2.45, 2.75) is 95.7 Å². The van der Waals surface area contributed by atoms with Crippen molar-refractivity contribution in [1.29, 1.82) is 0 Å². The summed E-state index contributed by atoms with van der Waals surface area (Å²) < 4.78 is 12.9. The molecule has 2 spiro atoms. The first-order valence-electron chi connectivity index (χ1n) is 14.0. The van der Waals surface area contributed by atoms with Gasteiger partial charge >= 0.3 is 0 Å². The average Bonchev–Trinajstić information content (AvgIpc) is 2.94. The van der Waals surface area contributed by atoms with Crippen molar-refractivity contribution in [2.24, 2.45) is 34.0 Å². The molecule has 0 unspecified atom stereocenters. The monoisotopic (exact) mass is 499 g/mol. The van der Waals surface area contributed by atoms with Gasteiger partial charge in [0.15, 0.2) is 5.78 Å². The SMILES string of the molecule is C=C1C(=O)[C@]23[C@H](O)[C@H]1CC[C@H]2[C@]12C=CCC(C)(C)[C@H]1[C@H](O)[C@@]3(OCCC(=O)NC1CCCCC1)OC2. The van der Waals surface area contributed by atoms with Gasteiger partial charge in [-0.3, -0.25) is 9.59 Å². The highest BCUT2D eigenvalue weighted by Gasteiger charge is 2.86. The van der Waals surface area contributed by atoms with Gasteiger partial charge in [-0.1, -0.05) is 51.8 Å². The smallest absolute Gasteiger partial charge is 0.222 e. The zero-order valence-electron chi connectivity index (χ0n) is 21.6. The summed E-state index contributed by atoms with van der Waals surface area (Å²) in [6.45, 7) is 8.72. The van der Waals surface area contributed by atoms with E-state index in [4.69, 9.17) is 9.47 Å². The van der Waals surface area contributed by atoms with Gasteiger partial charge in [0.2, 0.25) is 11.7 Å². The van der Waals surface area contributed by atoms with E-state index in [0.717, 1.165) is 38.5 Å². The molecule has 0 aromatic carbocycles. The Morgan fingerprint density at radius 2 is 1.92 bits per heavy atom. The Labute approximate surface area is 213 Å². The van der Waals surface area contributed by atoms with Crippen molar-refractivity contribution < 1.29 is 29.3 Å². The predicted octanol–water partition coefficient (Wildman–Crippen LogP) is 3.04. The fourth-order valence-electron chi connectivity index (χ4n) is 9.47. The third-order valence-electron chi connectivity index (χ3n) is 10.9. The molecule has 6 fully saturated rings. The topological polar surface area (TPSA) is 105 Å². The Balaban J connectivity index is 1.35. The zero-order chi connectivity index (χ0) is 25.5. The van der Waals surface area contributed by atoms with E-state index >= 15 is 0 Å². The van der Waals surface area contributed by atoms with Crippen molar-refractivity contribution in [3.05, 3.63) is 24.3 Å². The summed E-state index contributed by atoms with van der Waals surface area (Å²) in [6.07, 6.45) is 9.99. The van der Waals surface area contributed by atoms with Crippen LogP contribution in [-0.2, 0) is 19.1 Å². The summed E-state index contributed by atoms with van der Waals surface area (Å²) >= 11 is 0. The van der Waals surface area contributed by atoms with Gasteiger partial charge in [-0.15, -0.1) is 0 Å². The highest BCUT2D eigenvalue weighted by atomic mass is 16.7. The molecule has 2 saturated heterocycles. The number of aliphatic hydroxyl groups excluding tert-OH is 2. The molecule has 4 bridgehead atoms. The molecular weight excluding hydrogens is 458 g/mol. The molecular formula is C29H41NO6. The largest absolute Gasteiger partial charge is 0.391 e. The zero-order valence-corrected chi connectivity index (χ0v) is 21.6. The number of carbonyl (C=O) groups is 2. The number of nitrogens with one attached hydrogen (secondary N) is 1. The summed E-state index contributed by atoms with van der Waals surface area (Å²) in [4.78, 5) is 26.8. The fourth-order valence-corrected chi connectivity index (χ4v) is 9.47. The number of ketones is 1. The summed E-state index contributed by atoms with van der Waals surface area (Å²) in [5.41, 5.74) is -1.80. The number of Topliss-reactive ketones (excluding diaryl/α,β-unsaturated/α-hetero) is 1. The summed E-state index contributed by atoms with van der Waals surface area (Å²) in [5, 5.41) is 26.9. The fraction of sp³-hybridized carbons (Fsp3) is 0.793. The van der Waals surface area contributed by atoms with Crippen LogP contribution < -0.4 is 5.32 Å². The van der Waals surface area contributed by atoms with Crippen LogP contribution in [-0.4, -0.2) is 59.2 Å². The number of hydrogen-bond donors (Lipinski definition) is 3. The lowest BCUT2D eigenvalue weighted by atomic mass is 9.37. The number of aliphatic hydroxyl groups is 2. The van der Waals surface area contributed by atoms with Crippen molar-refractivity contribution >= 4 is 11.7 Å². The normalized spacial score (nSPS) is 46.9. The number of ether oxygens (including phenoxy) is 2. The second kappa shape index (κ2) is 8.23. The number of fused-ring (bicyclic) bond motifs is 2. The van der Waals surface area contributed by atoms with Crippen LogP contribution in [0.2, 0.25) is 0 Å². The lowest BCUT2D eigenvalue weighted by Gasteiger charge is -2.73. The van der Waals surface area contributed by atoms with Gasteiger partial charge in [-0.25, -0.2) is 0 Å². The Morgan fingerprint density at radius 3 is 2.67 bits per heavy atom. The van der Waals surface area contributed by atoms with E-state index < -0.39 is 28.8 Å². The summed E-state index contributed by atoms with van der Waals surface area (Å²) in [6, 6.07) is 0.203. The molecule has 7 aliphatic rings. The van der Waals surface area contributed by atoms with E-state index in [2.05, 4.69) is 37.9 Å². The minimum Gasteiger partial charge on any atom is -0.391 e. The van der Waals surface area contributed by atoms with Crippen molar-refractivity contribution in [3.8, 4) is 0 Å². The molecule has 0 aromatic heterocycles. The molecule has 8 atom stereocenters. The average molecular weight is 500 g/mol. The van der Waals surface area contributed by atoms with E-state index in [1.165, 1.54) is 6.42 Å². The van der Waals surface area contributed by atoms with Gasteiger partial charge in [0.1, 0.15) is 11.5 Å². The number of allylic oxidation sites excluding steroid dienone is 1. The van der Waals surface area contributed by atoms with Crippen LogP contribution in [0.3, 0.4) is 0 Å². The molecule has 36 heavy (non-hydrogen) atoms. The van der Waals surface area contributed by atoms with Crippen LogP contribution >= 0.6 is 0 Å².